The van der Waals surface area contributed by atoms with Crippen molar-refractivity contribution in [3.63, 3.8) is 0 Å². The summed E-state index contributed by atoms with van der Waals surface area (Å²) in [7, 11) is 0. The number of aromatic nitrogens is 3. The molecule has 1 aliphatic carbocycles. The van der Waals surface area contributed by atoms with Crippen LogP contribution in [0.1, 0.15) is 24.4 Å². The van der Waals surface area contributed by atoms with Gasteiger partial charge in [-0.05, 0) is 19.8 Å². The van der Waals surface area contributed by atoms with Gasteiger partial charge < -0.3 is 27.5 Å². The number of alkyl halides is 1. The number of amides is 2. The maximum atomic E-state index is 14.7. The third-order valence-corrected chi connectivity index (χ3v) is 5.96. The zero-order chi connectivity index (χ0) is 21.7. The van der Waals surface area contributed by atoms with Crippen LogP contribution in [0, 0.1) is 12.8 Å². The van der Waals surface area contributed by atoms with Gasteiger partial charge in [-0.1, -0.05) is 0 Å². The van der Waals surface area contributed by atoms with Crippen molar-refractivity contribution in [3.05, 3.63) is 32.6 Å². The molecule has 2 aliphatic rings. The molecule has 2 aromatic rings. The Bertz CT molecular complexity index is 1130. The predicted octanol–water partition coefficient (Wildman–Crippen LogP) is -1.31. The molecule has 3 unspecified atom stereocenters. The summed E-state index contributed by atoms with van der Waals surface area (Å²) in [6, 6.07) is -1.35. The van der Waals surface area contributed by atoms with Gasteiger partial charge in [0.15, 0.2) is 5.52 Å². The number of urea groups is 1. The molecule has 1 saturated carbocycles. The summed E-state index contributed by atoms with van der Waals surface area (Å²) in [5, 5.41) is 2.41. The molecule has 30 heavy (non-hydrogen) atoms. The first-order valence-corrected chi connectivity index (χ1v) is 9.80. The van der Waals surface area contributed by atoms with Gasteiger partial charge in [-0.25, -0.2) is 19.0 Å². The van der Waals surface area contributed by atoms with E-state index in [1.54, 1.807) is 11.8 Å². The van der Waals surface area contributed by atoms with Crippen molar-refractivity contribution in [1.29, 1.82) is 0 Å². The van der Waals surface area contributed by atoms with Crippen molar-refractivity contribution in [1.82, 2.24) is 19.5 Å². The van der Waals surface area contributed by atoms with E-state index in [-0.39, 0.29) is 24.6 Å². The zero-order valence-corrected chi connectivity index (χ0v) is 16.5. The molecule has 3 atom stereocenters. The molecule has 2 fully saturated rings. The molecule has 1 aliphatic heterocycles. The van der Waals surface area contributed by atoms with Crippen LogP contribution in [-0.4, -0.2) is 52.1 Å². The average molecular weight is 420 g/mol. The van der Waals surface area contributed by atoms with Crippen molar-refractivity contribution >= 4 is 22.8 Å². The van der Waals surface area contributed by atoms with Gasteiger partial charge in [-0.15, -0.1) is 0 Å². The topological polar surface area (TPSA) is 167 Å². The van der Waals surface area contributed by atoms with Crippen LogP contribution in [0.4, 0.5) is 14.9 Å². The lowest BCUT2D eigenvalue weighted by molar-refractivity contribution is 0.235. The number of fused-ring (bicyclic) bond motifs is 1. The number of halogens is 1. The van der Waals surface area contributed by atoms with Crippen molar-refractivity contribution in [2.45, 2.75) is 38.0 Å². The third kappa shape index (κ3) is 3.26. The van der Waals surface area contributed by atoms with Gasteiger partial charge >= 0.3 is 17.3 Å². The minimum atomic E-state index is -1.22. The van der Waals surface area contributed by atoms with E-state index in [1.807, 2.05) is 0 Å². The minimum Gasteiger partial charge on any atom is -0.367 e. The highest BCUT2D eigenvalue weighted by Gasteiger charge is 2.38. The Morgan fingerprint density at radius 1 is 1.37 bits per heavy atom. The lowest BCUT2D eigenvalue weighted by Gasteiger charge is -2.24. The number of pyridine rings is 1. The molecule has 0 radical (unpaired) electrons. The molecule has 2 aromatic heterocycles. The van der Waals surface area contributed by atoms with Crippen molar-refractivity contribution < 1.29 is 9.18 Å². The highest BCUT2D eigenvalue weighted by molar-refractivity contribution is 5.83. The largest absolute Gasteiger partial charge is 0.367 e. The third-order valence-electron chi connectivity index (χ3n) is 5.96. The van der Waals surface area contributed by atoms with Crippen LogP contribution in [-0.2, 0) is 0 Å². The van der Waals surface area contributed by atoms with Crippen LogP contribution in [0.3, 0.4) is 0 Å². The summed E-state index contributed by atoms with van der Waals surface area (Å²) in [6.45, 7) is 2.25. The summed E-state index contributed by atoms with van der Waals surface area (Å²) < 4.78 is 16.8. The fourth-order valence-electron chi connectivity index (χ4n) is 4.20. The number of primary amides is 1. The fraction of sp³-hybridized carbons (Fsp3) is 0.556. The van der Waals surface area contributed by atoms with E-state index in [4.69, 9.17) is 17.3 Å². The monoisotopic (exact) mass is 420 g/mol. The van der Waals surface area contributed by atoms with E-state index in [0.29, 0.717) is 28.0 Å². The second-order valence-corrected chi connectivity index (χ2v) is 8.02. The lowest BCUT2D eigenvalue weighted by atomic mass is 9.98. The van der Waals surface area contributed by atoms with E-state index in [2.05, 4.69) is 10.3 Å². The number of aryl methyl sites for hydroxylation is 1. The number of hydrogen-bond donors (Lipinski definition) is 4. The first-order chi connectivity index (χ1) is 14.2. The summed E-state index contributed by atoms with van der Waals surface area (Å²) in [4.78, 5) is 42.1. The van der Waals surface area contributed by atoms with Crippen molar-refractivity contribution in [2.75, 3.05) is 30.4 Å². The Hall–Kier alpha value is -3.15. The Kier molecular flexibility index (Phi) is 4.88. The summed E-state index contributed by atoms with van der Waals surface area (Å²) in [6.07, 6.45) is 1.92. The standard InChI is InChI=1S/C18H25FN8O3/c1-8-13(25-6-10(11(19)7-25)12(20)4-24-17(21)29)5-23-14-15(8)26(9-2-3-9)18(30)27(22)16(14)28/h5,9-12H,2-4,6-7,20,22H2,1H3,(H3,21,24,29). The molecule has 2 amide bonds. The molecule has 0 bridgehead atoms. The Morgan fingerprint density at radius 3 is 2.70 bits per heavy atom. The Balaban J connectivity index is 1.72. The van der Waals surface area contributed by atoms with Gasteiger partial charge in [0, 0.05) is 43.2 Å². The highest BCUT2D eigenvalue weighted by atomic mass is 19.1. The molecular weight excluding hydrogens is 395 g/mol. The number of nitrogens with one attached hydrogen (secondary N) is 1. The van der Waals surface area contributed by atoms with Gasteiger partial charge in [0.05, 0.1) is 17.4 Å². The maximum absolute atomic E-state index is 14.7. The lowest BCUT2D eigenvalue weighted by Crippen LogP contribution is -2.46. The summed E-state index contributed by atoms with van der Waals surface area (Å²) in [5.74, 6) is 5.14. The molecule has 7 N–H and O–H groups in total. The van der Waals surface area contributed by atoms with Crippen molar-refractivity contribution in [3.8, 4) is 0 Å². The first kappa shape index (κ1) is 20.1. The summed E-state index contributed by atoms with van der Waals surface area (Å²) >= 11 is 0. The highest BCUT2D eigenvalue weighted by Crippen LogP contribution is 2.38. The van der Waals surface area contributed by atoms with E-state index in [0.717, 1.165) is 12.8 Å². The van der Waals surface area contributed by atoms with Crippen LogP contribution < -0.4 is 38.8 Å². The van der Waals surface area contributed by atoms with E-state index in [9.17, 15) is 18.8 Å². The van der Waals surface area contributed by atoms with Gasteiger partial charge in [-0.2, -0.15) is 4.68 Å². The van der Waals surface area contributed by atoms with Gasteiger partial charge in [0.2, 0.25) is 0 Å². The molecule has 11 nitrogen and oxygen atoms in total. The molecular formula is C18H25FN8O3. The molecule has 4 rings (SSSR count). The number of nitrogen functional groups attached to an aromatic ring is 1. The van der Waals surface area contributed by atoms with E-state index >= 15 is 0 Å². The van der Waals surface area contributed by atoms with Crippen LogP contribution in [0.5, 0.6) is 0 Å². The molecule has 0 aromatic carbocycles. The van der Waals surface area contributed by atoms with Gasteiger partial charge in [-0.3, -0.25) is 9.36 Å². The van der Waals surface area contributed by atoms with Crippen LogP contribution in [0.25, 0.3) is 11.0 Å². The average Bonchev–Trinajstić information content (AvgIpc) is 3.46. The number of hydrogen-bond acceptors (Lipinski definition) is 7. The van der Waals surface area contributed by atoms with Gasteiger partial charge in [0.25, 0.3) is 0 Å². The molecule has 3 heterocycles. The van der Waals surface area contributed by atoms with Crippen LogP contribution in [0.2, 0.25) is 0 Å². The Labute approximate surface area is 170 Å². The molecule has 1 saturated heterocycles. The number of carbonyl (C=O) groups is 1. The zero-order valence-electron chi connectivity index (χ0n) is 16.5. The number of anilines is 1. The number of nitrogens with two attached hydrogens (primary N) is 3. The van der Waals surface area contributed by atoms with Crippen LogP contribution in [0.15, 0.2) is 15.8 Å². The quantitative estimate of drug-likeness (QED) is 0.435. The molecule has 0 spiro atoms. The van der Waals surface area contributed by atoms with Gasteiger partial charge in [0.1, 0.15) is 6.17 Å². The van der Waals surface area contributed by atoms with E-state index in [1.165, 1.54) is 10.8 Å². The number of nitrogens with zero attached hydrogens (tertiary/aromatic N) is 4. The fourth-order valence-corrected chi connectivity index (χ4v) is 4.20. The number of carbonyl (C=O) groups excluding carboxylic acids is 1. The smallest absolute Gasteiger partial charge is 0.350 e. The minimum absolute atomic E-state index is 0.0281. The second-order valence-electron chi connectivity index (χ2n) is 8.02. The van der Waals surface area contributed by atoms with E-state index < -0.39 is 35.4 Å². The normalized spacial score (nSPS) is 22.4. The predicted molar refractivity (Wildman–Crippen MR) is 110 cm³/mol. The molecule has 162 valence electrons. The van der Waals surface area contributed by atoms with Crippen molar-refractivity contribution in [2.24, 2.45) is 17.4 Å². The summed E-state index contributed by atoms with van der Waals surface area (Å²) in [5.41, 5.74) is 11.7. The number of rotatable bonds is 5. The SMILES string of the molecule is Cc1c(N2CC(F)C(C(N)CNC(N)=O)C2)cnc2c(=O)n(N)c(=O)n(C3CC3)c12. The maximum Gasteiger partial charge on any atom is 0.350 e. The van der Waals surface area contributed by atoms with Crippen LogP contribution >= 0.6 is 0 Å². The first-order valence-electron chi connectivity index (χ1n) is 9.80. The second kappa shape index (κ2) is 7.27. The molecule has 12 heteroatoms. The Morgan fingerprint density at radius 2 is 2.07 bits per heavy atom.